The van der Waals surface area contributed by atoms with Crippen LogP contribution in [0.5, 0.6) is 0 Å². The molecule has 19 heavy (non-hydrogen) atoms. The lowest BCUT2D eigenvalue weighted by Crippen LogP contribution is -2.24. The van der Waals surface area contributed by atoms with Crippen LogP contribution in [0.3, 0.4) is 0 Å². The minimum Gasteiger partial charge on any atom is -0.309 e. The van der Waals surface area contributed by atoms with Crippen LogP contribution in [0.15, 0.2) is 18.3 Å². The van der Waals surface area contributed by atoms with Gasteiger partial charge in [-0.3, -0.25) is 0 Å². The molecule has 2 aromatic rings. The highest BCUT2D eigenvalue weighted by molar-refractivity contribution is 6.99. The summed E-state index contributed by atoms with van der Waals surface area (Å²) in [5.41, 5.74) is 6.53. The highest BCUT2D eigenvalue weighted by atomic mass is 32.1. The van der Waals surface area contributed by atoms with Gasteiger partial charge in [0.2, 0.25) is 0 Å². The first kappa shape index (κ1) is 14.2. The summed E-state index contributed by atoms with van der Waals surface area (Å²) in [7, 11) is 0. The van der Waals surface area contributed by atoms with Gasteiger partial charge in [-0.25, -0.2) is 0 Å². The first-order chi connectivity index (χ1) is 9.11. The van der Waals surface area contributed by atoms with Gasteiger partial charge in [0.05, 0.1) is 29.7 Å². The van der Waals surface area contributed by atoms with Crippen molar-refractivity contribution in [1.82, 2.24) is 14.1 Å². The van der Waals surface area contributed by atoms with E-state index in [1.165, 1.54) is 34.0 Å². The predicted molar refractivity (Wildman–Crippen MR) is 80.7 cm³/mol. The van der Waals surface area contributed by atoms with Gasteiger partial charge in [0.1, 0.15) is 0 Å². The number of aryl methyl sites for hydroxylation is 3. The summed E-state index contributed by atoms with van der Waals surface area (Å²) in [6.07, 6.45) is 2.84. The molecule has 0 radical (unpaired) electrons. The van der Waals surface area contributed by atoms with Crippen LogP contribution in [0, 0.1) is 20.8 Å². The summed E-state index contributed by atoms with van der Waals surface area (Å²) < 4.78 is 8.49. The molecule has 0 aliphatic carbocycles. The number of benzene rings is 1. The largest absolute Gasteiger partial charge is 0.309 e. The van der Waals surface area contributed by atoms with E-state index in [1.807, 2.05) is 6.20 Å². The number of rotatable bonds is 5. The van der Waals surface area contributed by atoms with Crippen LogP contribution in [0.25, 0.3) is 0 Å². The minimum absolute atomic E-state index is 0.254. The lowest BCUT2D eigenvalue weighted by Gasteiger charge is -2.19. The van der Waals surface area contributed by atoms with Crippen molar-refractivity contribution < 1.29 is 0 Å². The summed E-state index contributed by atoms with van der Waals surface area (Å²) in [4.78, 5) is 0. The molecule has 3 nitrogen and oxygen atoms in total. The molecule has 102 valence electrons. The van der Waals surface area contributed by atoms with Crippen LogP contribution in [0.2, 0.25) is 0 Å². The van der Waals surface area contributed by atoms with Gasteiger partial charge < -0.3 is 5.32 Å². The Hall–Kier alpha value is -1.26. The van der Waals surface area contributed by atoms with Crippen LogP contribution in [-0.4, -0.2) is 15.3 Å². The maximum absolute atomic E-state index is 4.38. The zero-order chi connectivity index (χ0) is 13.8. The Balaban J connectivity index is 2.27. The van der Waals surface area contributed by atoms with Gasteiger partial charge in [-0.1, -0.05) is 24.6 Å². The Bertz CT molecular complexity index is 511. The average Bonchev–Trinajstić information content (AvgIpc) is 2.85. The highest BCUT2D eigenvalue weighted by Crippen LogP contribution is 2.23. The Morgan fingerprint density at radius 3 is 2.42 bits per heavy atom. The molecule has 0 amide bonds. The second-order valence-corrected chi connectivity index (χ2v) is 5.58. The second-order valence-electron chi connectivity index (χ2n) is 5.02. The Kier molecular flexibility index (Phi) is 4.66. The van der Waals surface area contributed by atoms with Crippen molar-refractivity contribution in [1.29, 1.82) is 0 Å². The number of nitrogens with one attached hydrogen (secondary N) is 1. The van der Waals surface area contributed by atoms with E-state index in [4.69, 9.17) is 0 Å². The van der Waals surface area contributed by atoms with Crippen molar-refractivity contribution in [2.24, 2.45) is 0 Å². The van der Waals surface area contributed by atoms with Crippen molar-refractivity contribution in [3.63, 3.8) is 0 Å². The van der Waals surface area contributed by atoms with Crippen LogP contribution in [0.1, 0.15) is 40.9 Å². The minimum atomic E-state index is 0.254. The molecule has 4 heteroatoms. The molecular formula is C15H21N3S. The molecule has 0 spiro atoms. The molecular weight excluding hydrogens is 254 g/mol. The summed E-state index contributed by atoms with van der Waals surface area (Å²) in [5.74, 6) is 0. The summed E-state index contributed by atoms with van der Waals surface area (Å²) in [6, 6.07) is 4.76. The molecule has 1 aromatic carbocycles. The molecule has 0 bridgehead atoms. The number of aromatic nitrogens is 2. The van der Waals surface area contributed by atoms with Gasteiger partial charge in [-0.15, -0.1) is 0 Å². The first-order valence-electron chi connectivity index (χ1n) is 6.69. The van der Waals surface area contributed by atoms with Gasteiger partial charge in [-0.2, -0.15) is 8.75 Å². The molecule has 2 rings (SSSR count). The number of hydrogen-bond donors (Lipinski definition) is 1. The molecule has 0 aliphatic rings. The van der Waals surface area contributed by atoms with Crippen LogP contribution < -0.4 is 5.32 Å². The van der Waals surface area contributed by atoms with E-state index in [9.17, 15) is 0 Å². The predicted octanol–water partition coefficient (Wildman–Crippen LogP) is 3.36. The molecule has 0 aliphatic heterocycles. The van der Waals surface area contributed by atoms with Crippen LogP contribution in [-0.2, 0) is 6.42 Å². The topological polar surface area (TPSA) is 37.8 Å². The molecule has 1 unspecified atom stereocenters. The molecule has 1 heterocycles. The fraction of sp³-hybridized carbons (Fsp3) is 0.467. The van der Waals surface area contributed by atoms with Gasteiger partial charge in [-0.05, 0) is 50.4 Å². The van der Waals surface area contributed by atoms with E-state index < -0.39 is 0 Å². The Labute approximate surface area is 119 Å². The molecule has 0 saturated carbocycles. The maximum atomic E-state index is 4.38. The highest BCUT2D eigenvalue weighted by Gasteiger charge is 2.16. The molecule has 0 fully saturated rings. The molecule has 1 aromatic heterocycles. The lowest BCUT2D eigenvalue weighted by molar-refractivity contribution is 0.538. The summed E-state index contributed by atoms with van der Waals surface area (Å²) in [6.45, 7) is 9.60. The normalized spacial score (nSPS) is 12.6. The lowest BCUT2D eigenvalue weighted by atomic mass is 9.93. The van der Waals surface area contributed by atoms with E-state index in [2.05, 4.69) is 53.9 Å². The zero-order valence-electron chi connectivity index (χ0n) is 12.0. The van der Waals surface area contributed by atoms with Crippen molar-refractivity contribution in [3.05, 3.63) is 46.3 Å². The third kappa shape index (κ3) is 3.39. The Morgan fingerprint density at radius 2 is 1.89 bits per heavy atom. The van der Waals surface area contributed by atoms with Gasteiger partial charge in [0.15, 0.2) is 0 Å². The summed E-state index contributed by atoms with van der Waals surface area (Å²) >= 11 is 1.28. The standard InChI is InChI=1S/C15H21N3S/c1-5-16-14(15-9-17-19-18-15)8-13-11(3)6-10(2)7-12(13)4/h6-7,9,14,16H,5,8H2,1-4H3. The van der Waals surface area contributed by atoms with Gasteiger partial charge in [0.25, 0.3) is 0 Å². The quantitative estimate of drug-likeness (QED) is 0.909. The maximum Gasteiger partial charge on any atom is 0.0915 e. The average molecular weight is 275 g/mol. The molecule has 0 saturated heterocycles. The number of hydrogen-bond acceptors (Lipinski definition) is 4. The van der Waals surface area contributed by atoms with Crippen molar-refractivity contribution in [3.8, 4) is 0 Å². The fourth-order valence-electron chi connectivity index (χ4n) is 2.59. The molecule has 1 N–H and O–H groups in total. The van der Waals surface area contributed by atoms with Crippen molar-refractivity contribution >= 4 is 11.7 Å². The molecule has 1 atom stereocenters. The van der Waals surface area contributed by atoms with Gasteiger partial charge >= 0.3 is 0 Å². The van der Waals surface area contributed by atoms with E-state index in [0.717, 1.165) is 18.7 Å². The smallest absolute Gasteiger partial charge is 0.0915 e. The fourth-order valence-corrected chi connectivity index (χ4v) is 3.06. The van der Waals surface area contributed by atoms with Crippen LogP contribution >= 0.6 is 11.7 Å². The van der Waals surface area contributed by atoms with Crippen molar-refractivity contribution in [2.75, 3.05) is 6.54 Å². The van der Waals surface area contributed by atoms with E-state index in [1.54, 1.807) is 0 Å². The van der Waals surface area contributed by atoms with E-state index in [0.29, 0.717) is 0 Å². The second kappa shape index (κ2) is 6.26. The van der Waals surface area contributed by atoms with Crippen molar-refractivity contribution in [2.45, 2.75) is 40.2 Å². The van der Waals surface area contributed by atoms with Crippen LogP contribution in [0.4, 0.5) is 0 Å². The Morgan fingerprint density at radius 1 is 1.21 bits per heavy atom. The monoisotopic (exact) mass is 275 g/mol. The van der Waals surface area contributed by atoms with Gasteiger partial charge in [0, 0.05) is 0 Å². The zero-order valence-corrected chi connectivity index (χ0v) is 12.8. The number of likely N-dealkylation sites (N-methyl/N-ethyl adjacent to an activating group) is 1. The third-order valence-corrected chi connectivity index (χ3v) is 3.93. The third-order valence-electron chi connectivity index (χ3n) is 3.43. The van der Waals surface area contributed by atoms with E-state index >= 15 is 0 Å². The summed E-state index contributed by atoms with van der Waals surface area (Å²) in [5, 5.41) is 3.51. The first-order valence-corrected chi connectivity index (χ1v) is 7.42. The van der Waals surface area contributed by atoms with E-state index in [-0.39, 0.29) is 6.04 Å². The number of nitrogens with zero attached hydrogens (tertiary/aromatic N) is 2. The SMILES string of the molecule is CCNC(Cc1c(C)cc(C)cc1C)c1cnsn1.